The number of carbonyl (C=O) groups is 1. The number of rotatable bonds is 7. The molecular weight excluding hydrogens is 451 g/mol. The number of aromatic nitrogens is 3. The molecule has 4 aromatic rings. The number of benzene rings is 2. The summed E-state index contributed by atoms with van der Waals surface area (Å²) in [5, 5.41) is 11.8. The molecule has 1 amide bonds. The van der Waals surface area contributed by atoms with Crippen LogP contribution in [0.15, 0.2) is 48.5 Å². The summed E-state index contributed by atoms with van der Waals surface area (Å²) in [4.78, 5) is 19.7. The van der Waals surface area contributed by atoms with Gasteiger partial charge in [0.2, 0.25) is 16.0 Å². The van der Waals surface area contributed by atoms with E-state index in [-0.39, 0.29) is 23.8 Å². The molecule has 2 heterocycles. The van der Waals surface area contributed by atoms with E-state index in [0.717, 1.165) is 5.56 Å². The zero-order valence-corrected chi connectivity index (χ0v) is 20.8. The molecule has 7 nitrogen and oxygen atoms in total. The quantitative estimate of drug-likeness (QED) is 0.395. The first-order chi connectivity index (χ1) is 16.1. The van der Waals surface area contributed by atoms with E-state index in [9.17, 15) is 9.18 Å². The van der Waals surface area contributed by atoms with Crippen molar-refractivity contribution in [2.45, 2.75) is 39.8 Å². The van der Waals surface area contributed by atoms with Crippen LogP contribution in [0.5, 0.6) is 0 Å². The third-order valence-corrected chi connectivity index (χ3v) is 6.12. The molecule has 2 aromatic carbocycles. The Labute approximate surface area is 202 Å². The summed E-state index contributed by atoms with van der Waals surface area (Å²) >= 11 is 1.38. The van der Waals surface area contributed by atoms with Crippen LogP contribution in [0.25, 0.3) is 16.2 Å². The maximum atomic E-state index is 13.9. The maximum Gasteiger partial charge on any atom is 0.239 e. The Morgan fingerprint density at radius 3 is 2.59 bits per heavy atom. The fourth-order valence-corrected chi connectivity index (χ4v) is 4.30. The highest BCUT2D eigenvalue weighted by atomic mass is 32.1. The number of hydrogen-bond acceptors (Lipinski definition) is 6. The van der Waals surface area contributed by atoms with Crippen molar-refractivity contribution in [3.63, 3.8) is 0 Å². The highest BCUT2D eigenvalue weighted by Gasteiger charge is 2.23. The van der Waals surface area contributed by atoms with Gasteiger partial charge in [0, 0.05) is 24.7 Å². The average molecular weight is 481 g/mol. The van der Waals surface area contributed by atoms with Crippen LogP contribution >= 0.6 is 11.3 Å². The van der Waals surface area contributed by atoms with Crippen molar-refractivity contribution in [1.29, 1.82) is 0 Å². The fourth-order valence-electron chi connectivity index (χ4n) is 3.44. The van der Waals surface area contributed by atoms with Crippen molar-refractivity contribution in [1.82, 2.24) is 19.9 Å². The summed E-state index contributed by atoms with van der Waals surface area (Å²) in [5.74, 6) is 0.276. The van der Waals surface area contributed by atoms with Crippen molar-refractivity contribution in [3.05, 3.63) is 65.5 Å². The molecule has 0 spiro atoms. The van der Waals surface area contributed by atoms with E-state index < -0.39 is 0 Å². The smallest absolute Gasteiger partial charge is 0.239 e. The summed E-state index contributed by atoms with van der Waals surface area (Å²) in [7, 11) is 1.83. The van der Waals surface area contributed by atoms with Crippen LogP contribution in [0.2, 0.25) is 0 Å². The predicted molar refractivity (Wildman–Crippen MR) is 136 cm³/mol. The van der Waals surface area contributed by atoms with E-state index in [1.165, 1.54) is 29.0 Å². The molecule has 0 atom stereocenters. The van der Waals surface area contributed by atoms with Gasteiger partial charge in [0.25, 0.3) is 0 Å². The van der Waals surface area contributed by atoms with Gasteiger partial charge >= 0.3 is 0 Å². The van der Waals surface area contributed by atoms with Gasteiger partial charge in [-0.3, -0.25) is 4.79 Å². The Hall–Kier alpha value is -3.46. The van der Waals surface area contributed by atoms with E-state index in [0.29, 0.717) is 33.7 Å². The lowest BCUT2D eigenvalue weighted by atomic mass is 10.1. The van der Waals surface area contributed by atoms with Crippen molar-refractivity contribution in [3.8, 4) is 11.3 Å². The highest BCUT2D eigenvalue weighted by molar-refractivity contribution is 7.20. The van der Waals surface area contributed by atoms with E-state index in [1.54, 1.807) is 15.5 Å². The van der Waals surface area contributed by atoms with Gasteiger partial charge in [0.15, 0.2) is 5.82 Å². The number of nitrogens with one attached hydrogen (secondary N) is 2. The third kappa shape index (κ3) is 5.53. The molecule has 0 aliphatic rings. The molecule has 0 saturated carbocycles. The summed E-state index contributed by atoms with van der Waals surface area (Å²) in [6.07, 6.45) is 0. The van der Waals surface area contributed by atoms with Gasteiger partial charge in [-0.25, -0.2) is 9.37 Å². The molecule has 34 heavy (non-hydrogen) atoms. The zero-order chi connectivity index (χ0) is 24.5. The molecule has 4 rings (SSSR count). The highest BCUT2D eigenvalue weighted by Crippen LogP contribution is 2.34. The van der Waals surface area contributed by atoms with Crippen LogP contribution in [-0.4, -0.2) is 39.6 Å². The molecule has 2 N–H and O–H groups in total. The molecule has 0 aliphatic carbocycles. The Morgan fingerprint density at radius 1 is 1.18 bits per heavy atom. The van der Waals surface area contributed by atoms with Gasteiger partial charge in [-0.1, -0.05) is 53.3 Å². The Bertz CT molecular complexity index is 1310. The summed E-state index contributed by atoms with van der Waals surface area (Å²) in [6, 6.07) is 14.4. The van der Waals surface area contributed by atoms with E-state index in [1.807, 2.05) is 65.1 Å². The minimum Gasteiger partial charge on any atom is -0.364 e. The molecule has 9 heteroatoms. The number of hydrogen-bond donors (Lipinski definition) is 2. The molecule has 0 saturated heterocycles. The first kappa shape index (κ1) is 23.7. The Balaban J connectivity index is 1.54. The van der Waals surface area contributed by atoms with E-state index in [4.69, 9.17) is 10.1 Å². The summed E-state index contributed by atoms with van der Waals surface area (Å²) in [6.45, 7) is 8.80. The standard InChI is InChI=1S/C25H29FN6OS/c1-16-9-11-17(12-10-16)14-27-20(33)15-31(5)24-30-32-22(29-25(2,3)4)21(28-23(32)34-24)18-7-6-8-19(26)13-18/h6-13,29H,14-15H2,1-5H3,(H,27,33). The second-order valence-electron chi connectivity index (χ2n) is 9.39. The summed E-state index contributed by atoms with van der Waals surface area (Å²) < 4.78 is 15.6. The van der Waals surface area contributed by atoms with Crippen LogP contribution in [0.3, 0.4) is 0 Å². The van der Waals surface area contributed by atoms with Gasteiger partial charge in [-0.15, -0.1) is 5.10 Å². The first-order valence-corrected chi connectivity index (χ1v) is 11.9. The van der Waals surface area contributed by atoms with Crippen LogP contribution in [0, 0.1) is 12.7 Å². The molecule has 2 aromatic heterocycles. The molecule has 0 fully saturated rings. The minimum absolute atomic E-state index is 0.0931. The summed E-state index contributed by atoms with van der Waals surface area (Å²) in [5.41, 5.74) is 3.29. The molecule has 0 bridgehead atoms. The Kier molecular flexibility index (Phi) is 6.56. The second kappa shape index (κ2) is 9.42. The van der Waals surface area contributed by atoms with Gasteiger partial charge in [0.1, 0.15) is 11.5 Å². The first-order valence-electron chi connectivity index (χ1n) is 11.1. The van der Waals surface area contributed by atoms with Gasteiger partial charge in [0.05, 0.1) is 6.54 Å². The lowest BCUT2D eigenvalue weighted by molar-refractivity contribution is -0.119. The van der Waals surface area contributed by atoms with Crippen molar-refractivity contribution < 1.29 is 9.18 Å². The number of nitrogens with zero attached hydrogens (tertiary/aromatic N) is 4. The normalized spacial score (nSPS) is 11.6. The third-order valence-electron chi connectivity index (χ3n) is 5.10. The number of amides is 1. The van der Waals surface area contributed by atoms with Crippen LogP contribution in [0.4, 0.5) is 15.3 Å². The molecule has 0 unspecified atom stereocenters. The molecule has 0 radical (unpaired) electrons. The number of likely N-dealkylation sites (N-methyl/N-ethyl adjacent to an activating group) is 1. The van der Waals surface area contributed by atoms with Gasteiger partial charge in [-0.05, 0) is 45.4 Å². The zero-order valence-electron chi connectivity index (χ0n) is 20.0. The maximum absolute atomic E-state index is 13.9. The second-order valence-corrected chi connectivity index (χ2v) is 10.3. The van der Waals surface area contributed by atoms with Crippen molar-refractivity contribution in [2.24, 2.45) is 0 Å². The largest absolute Gasteiger partial charge is 0.364 e. The topological polar surface area (TPSA) is 74.6 Å². The predicted octanol–water partition coefficient (Wildman–Crippen LogP) is 4.87. The minimum atomic E-state index is -0.319. The number of halogens is 1. The lowest BCUT2D eigenvalue weighted by Crippen LogP contribution is -2.34. The van der Waals surface area contributed by atoms with Crippen LogP contribution in [0.1, 0.15) is 31.9 Å². The van der Waals surface area contributed by atoms with Crippen LogP contribution in [-0.2, 0) is 11.3 Å². The van der Waals surface area contributed by atoms with Crippen molar-refractivity contribution in [2.75, 3.05) is 23.8 Å². The monoisotopic (exact) mass is 480 g/mol. The number of carbonyl (C=O) groups excluding carboxylic acids is 1. The average Bonchev–Trinajstić information content (AvgIpc) is 3.32. The van der Waals surface area contributed by atoms with E-state index >= 15 is 0 Å². The molecular formula is C25H29FN6OS. The number of aryl methyl sites for hydroxylation is 1. The molecule has 178 valence electrons. The SMILES string of the molecule is Cc1ccc(CNC(=O)CN(C)c2nn3c(NC(C)(C)C)c(-c4cccc(F)c4)nc3s2)cc1. The number of fused-ring (bicyclic) bond motifs is 1. The lowest BCUT2D eigenvalue weighted by Gasteiger charge is -2.22. The fraction of sp³-hybridized carbons (Fsp3) is 0.320. The number of imidazole rings is 1. The Morgan fingerprint density at radius 2 is 1.91 bits per heavy atom. The molecule has 0 aliphatic heterocycles. The van der Waals surface area contributed by atoms with Crippen molar-refractivity contribution >= 4 is 33.2 Å². The van der Waals surface area contributed by atoms with Crippen LogP contribution < -0.4 is 15.5 Å². The van der Waals surface area contributed by atoms with Gasteiger partial charge in [-0.2, -0.15) is 4.52 Å². The van der Waals surface area contributed by atoms with E-state index in [2.05, 4.69) is 10.6 Å². The number of anilines is 2. The van der Waals surface area contributed by atoms with Gasteiger partial charge < -0.3 is 15.5 Å².